The lowest BCUT2D eigenvalue weighted by Crippen LogP contribution is -2.21. The van der Waals surface area contributed by atoms with Gasteiger partial charge in [0.2, 0.25) is 0 Å². The van der Waals surface area contributed by atoms with Crippen molar-refractivity contribution in [1.82, 2.24) is 0 Å². The van der Waals surface area contributed by atoms with E-state index in [0.29, 0.717) is 0 Å². The molecule has 0 heterocycles. The van der Waals surface area contributed by atoms with Crippen LogP contribution in [0.1, 0.15) is 11.6 Å². The van der Waals surface area contributed by atoms with Crippen LogP contribution in [0.15, 0.2) is 18.2 Å². The predicted octanol–water partition coefficient (Wildman–Crippen LogP) is 0.492. The fraction of sp³-hybridized carbons (Fsp3) is 0.125. The van der Waals surface area contributed by atoms with Gasteiger partial charge >= 0.3 is 5.97 Å². The van der Waals surface area contributed by atoms with E-state index in [2.05, 4.69) is 0 Å². The summed E-state index contributed by atoms with van der Waals surface area (Å²) in [5.74, 6) is -1.95. The Labute approximate surface area is 74.0 Å². The van der Waals surface area contributed by atoms with Crippen LogP contribution in [0.5, 0.6) is 0 Å². The molecule has 1 atom stereocenters. The van der Waals surface area contributed by atoms with E-state index in [1.54, 1.807) is 0 Å². The molecule has 70 valence electrons. The van der Waals surface area contributed by atoms with E-state index in [1.807, 2.05) is 0 Å². The number of aliphatic carboxylic acids is 1. The van der Waals surface area contributed by atoms with Crippen LogP contribution in [0.4, 0.5) is 10.1 Å². The lowest BCUT2D eigenvalue weighted by Gasteiger charge is -2.08. The van der Waals surface area contributed by atoms with E-state index in [4.69, 9.17) is 16.6 Å². The summed E-state index contributed by atoms with van der Waals surface area (Å²) in [4.78, 5) is 10.4. The molecule has 0 amide bonds. The molecule has 5 N–H and O–H groups in total. The van der Waals surface area contributed by atoms with Crippen LogP contribution in [0.2, 0.25) is 0 Å². The molecular weight excluding hydrogens is 175 g/mol. The average molecular weight is 184 g/mol. The van der Waals surface area contributed by atoms with Crippen molar-refractivity contribution in [2.75, 3.05) is 5.73 Å². The van der Waals surface area contributed by atoms with Crippen LogP contribution in [0.25, 0.3) is 0 Å². The first kappa shape index (κ1) is 9.47. The van der Waals surface area contributed by atoms with Crippen molar-refractivity contribution in [2.24, 2.45) is 5.73 Å². The van der Waals surface area contributed by atoms with E-state index in [9.17, 15) is 9.18 Å². The molecule has 0 saturated carbocycles. The smallest absolute Gasteiger partial charge is 0.325 e. The number of benzene rings is 1. The number of nitrogens with two attached hydrogens (primary N) is 2. The van der Waals surface area contributed by atoms with E-state index in [1.165, 1.54) is 12.1 Å². The number of halogens is 1. The quantitative estimate of drug-likeness (QED) is 0.583. The molecule has 0 fully saturated rings. The molecule has 0 aromatic heterocycles. The second-order valence-corrected chi connectivity index (χ2v) is 2.60. The highest BCUT2D eigenvalue weighted by Gasteiger charge is 2.18. The molecule has 0 saturated heterocycles. The molecule has 5 heteroatoms. The first-order chi connectivity index (χ1) is 6.02. The number of carboxylic acid groups (broad SMARTS) is 1. The van der Waals surface area contributed by atoms with Crippen LogP contribution in [0, 0.1) is 5.82 Å². The molecule has 1 unspecified atom stereocenters. The molecular formula is C8H9FN2O2. The molecule has 1 aromatic carbocycles. The third-order valence-electron chi connectivity index (χ3n) is 1.62. The van der Waals surface area contributed by atoms with Crippen LogP contribution in [-0.4, -0.2) is 11.1 Å². The maximum Gasteiger partial charge on any atom is 0.325 e. The van der Waals surface area contributed by atoms with Crippen molar-refractivity contribution in [3.63, 3.8) is 0 Å². The third-order valence-corrected chi connectivity index (χ3v) is 1.62. The summed E-state index contributed by atoms with van der Waals surface area (Å²) < 4.78 is 13.0. The Balaban J connectivity index is 3.12. The Morgan fingerprint density at radius 3 is 2.69 bits per heavy atom. The van der Waals surface area contributed by atoms with E-state index in [0.717, 1.165) is 6.07 Å². The van der Waals surface area contributed by atoms with Crippen molar-refractivity contribution in [3.8, 4) is 0 Å². The van der Waals surface area contributed by atoms with Crippen LogP contribution in [0.3, 0.4) is 0 Å². The summed E-state index contributed by atoms with van der Waals surface area (Å²) in [5.41, 5.74) is 10.7. The van der Waals surface area contributed by atoms with Crippen molar-refractivity contribution >= 4 is 11.7 Å². The Bertz CT molecular complexity index is 341. The van der Waals surface area contributed by atoms with Crippen LogP contribution >= 0.6 is 0 Å². The van der Waals surface area contributed by atoms with Crippen LogP contribution in [-0.2, 0) is 4.79 Å². The van der Waals surface area contributed by atoms with Gasteiger partial charge < -0.3 is 16.6 Å². The Morgan fingerprint density at radius 1 is 1.54 bits per heavy atom. The van der Waals surface area contributed by atoms with Gasteiger partial charge in [-0.2, -0.15) is 0 Å². The summed E-state index contributed by atoms with van der Waals surface area (Å²) in [6, 6.07) is 2.28. The fourth-order valence-corrected chi connectivity index (χ4v) is 0.934. The Kier molecular flexibility index (Phi) is 2.48. The topological polar surface area (TPSA) is 89.3 Å². The molecule has 0 aliphatic rings. The van der Waals surface area contributed by atoms with Gasteiger partial charge in [0.15, 0.2) is 0 Å². The van der Waals surface area contributed by atoms with Gasteiger partial charge in [0.05, 0.1) is 0 Å². The predicted molar refractivity (Wildman–Crippen MR) is 45.4 cm³/mol. The van der Waals surface area contributed by atoms with Crippen LogP contribution < -0.4 is 11.5 Å². The zero-order valence-electron chi connectivity index (χ0n) is 6.70. The first-order valence-corrected chi connectivity index (χ1v) is 3.55. The lowest BCUT2D eigenvalue weighted by atomic mass is 10.1. The van der Waals surface area contributed by atoms with E-state index in [-0.39, 0.29) is 11.3 Å². The normalized spacial score (nSPS) is 12.5. The van der Waals surface area contributed by atoms with E-state index < -0.39 is 17.8 Å². The van der Waals surface area contributed by atoms with Crippen molar-refractivity contribution < 1.29 is 14.3 Å². The van der Waals surface area contributed by atoms with Gasteiger partial charge in [-0.1, -0.05) is 0 Å². The number of rotatable bonds is 2. The Morgan fingerprint density at radius 2 is 2.15 bits per heavy atom. The molecule has 4 nitrogen and oxygen atoms in total. The van der Waals surface area contributed by atoms with Crippen molar-refractivity contribution in [3.05, 3.63) is 29.6 Å². The largest absolute Gasteiger partial charge is 0.480 e. The number of anilines is 1. The van der Waals surface area contributed by atoms with Gasteiger partial charge in [0.1, 0.15) is 11.9 Å². The van der Waals surface area contributed by atoms with Crippen molar-refractivity contribution in [1.29, 1.82) is 0 Å². The second kappa shape index (κ2) is 3.40. The van der Waals surface area contributed by atoms with Gasteiger partial charge in [0, 0.05) is 11.3 Å². The minimum Gasteiger partial charge on any atom is -0.480 e. The number of hydrogen-bond acceptors (Lipinski definition) is 3. The maximum atomic E-state index is 13.0. The highest BCUT2D eigenvalue weighted by molar-refractivity contribution is 5.75. The average Bonchev–Trinajstić information content (AvgIpc) is 2.08. The minimum atomic E-state index is -1.37. The van der Waals surface area contributed by atoms with Gasteiger partial charge in [-0.25, -0.2) is 4.39 Å². The maximum absolute atomic E-state index is 13.0. The number of carbonyl (C=O) groups is 1. The van der Waals surface area contributed by atoms with Gasteiger partial charge in [-0.15, -0.1) is 0 Å². The standard InChI is InChI=1S/C8H9FN2O2/c9-6-2-1-4(10)3-5(6)7(11)8(12)13/h1-3,7H,10-11H2,(H,12,13). The number of hydrogen-bond donors (Lipinski definition) is 3. The molecule has 0 aliphatic heterocycles. The first-order valence-electron chi connectivity index (χ1n) is 3.55. The molecule has 0 radical (unpaired) electrons. The SMILES string of the molecule is Nc1ccc(F)c(C(N)C(=O)O)c1. The molecule has 1 aromatic rings. The molecule has 0 spiro atoms. The molecule has 0 aliphatic carbocycles. The molecule has 13 heavy (non-hydrogen) atoms. The highest BCUT2D eigenvalue weighted by atomic mass is 19.1. The third kappa shape index (κ3) is 1.94. The zero-order valence-corrected chi connectivity index (χ0v) is 6.70. The van der Waals surface area contributed by atoms with Crippen molar-refractivity contribution in [2.45, 2.75) is 6.04 Å². The van der Waals surface area contributed by atoms with E-state index >= 15 is 0 Å². The summed E-state index contributed by atoms with van der Waals surface area (Å²) in [6.45, 7) is 0. The monoisotopic (exact) mass is 184 g/mol. The van der Waals surface area contributed by atoms with Gasteiger partial charge in [-0.05, 0) is 18.2 Å². The summed E-state index contributed by atoms with van der Waals surface area (Å²) in [5, 5.41) is 8.52. The minimum absolute atomic E-state index is 0.104. The zero-order chi connectivity index (χ0) is 10.0. The van der Waals surface area contributed by atoms with Gasteiger partial charge in [0.25, 0.3) is 0 Å². The number of carboxylic acids is 1. The lowest BCUT2D eigenvalue weighted by molar-refractivity contribution is -0.138. The summed E-state index contributed by atoms with van der Waals surface area (Å²) >= 11 is 0. The highest BCUT2D eigenvalue weighted by Crippen LogP contribution is 2.18. The Hall–Kier alpha value is -1.62. The molecule has 0 bridgehead atoms. The summed E-state index contributed by atoms with van der Waals surface area (Å²) in [7, 11) is 0. The number of nitrogen functional groups attached to an aromatic ring is 1. The summed E-state index contributed by atoms with van der Waals surface area (Å²) in [6.07, 6.45) is 0. The molecule has 1 rings (SSSR count). The fourth-order valence-electron chi connectivity index (χ4n) is 0.934. The second-order valence-electron chi connectivity index (χ2n) is 2.60. The van der Waals surface area contributed by atoms with Gasteiger partial charge in [-0.3, -0.25) is 4.79 Å².